The molecule has 0 radical (unpaired) electrons. The van der Waals surface area contributed by atoms with Crippen molar-refractivity contribution in [3.63, 3.8) is 0 Å². The molecule has 0 amide bonds. The lowest BCUT2D eigenvalue weighted by atomic mass is 10.3. The molecular weight excluding hydrogens is 163 g/mol. The molecular formula is C5H2Cl2O2. The Labute approximate surface area is 61.4 Å². The van der Waals surface area contributed by atoms with Crippen LogP contribution in [0.3, 0.4) is 0 Å². The minimum Gasteiger partial charge on any atom is -0.290 e. The molecule has 4 heteroatoms. The van der Waals surface area contributed by atoms with Crippen LogP contribution in [0.15, 0.2) is 10.1 Å². The molecule has 0 aromatic rings. The molecule has 0 spiro atoms. The van der Waals surface area contributed by atoms with Gasteiger partial charge in [0.1, 0.15) is 5.03 Å². The van der Waals surface area contributed by atoms with E-state index in [0.717, 1.165) is 0 Å². The predicted molar refractivity (Wildman–Crippen MR) is 33.4 cm³/mol. The van der Waals surface area contributed by atoms with Gasteiger partial charge >= 0.3 is 0 Å². The van der Waals surface area contributed by atoms with E-state index in [2.05, 4.69) is 0 Å². The molecule has 0 bridgehead atoms. The molecule has 0 atom stereocenters. The van der Waals surface area contributed by atoms with Gasteiger partial charge in [-0.05, 0) is 0 Å². The Morgan fingerprint density at radius 1 is 1.22 bits per heavy atom. The number of carbonyl (C=O) groups excluding carboxylic acids is 2. The Kier molecular flexibility index (Phi) is 1.60. The molecule has 0 heterocycles. The van der Waals surface area contributed by atoms with E-state index >= 15 is 0 Å². The van der Waals surface area contributed by atoms with Crippen LogP contribution in [-0.2, 0) is 9.59 Å². The molecule has 9 heavy (non-hydrogen) atoms. The Hall–Kier alpha value is -0.340. The highest BCUT2D eigenvalue weighted by atomic mass is 35.5. The number of allylic oxidation sites excluding steroid dienone is 2. The van der Waals surface area contributed by atoms with E-state index in [1.807, 2.05) is 0 Å². The van der Waals surface area contributed by atoms with Gasteiger partial charge in [0.15, 0.2) is 0 Å². The van der Waals surface area contributed by atoms with Crippen LogP contribution in [0.4, 0.5) is 0 Å². The lowest BCUT2D eigenvalue weighted by Gasteiger charge is -1.79. The van der Waals surface area contributed by atoms with E-state index < -0.39 is 11.6 Å². The summed E-state index contributed by atoms with van der Waals surface area (Å²) in [6, 6.07) is 0. The van der Waals surface area contributed by atoms with Gasteiger partial charge in [-0.15, -0.1) is 0 Å². The SMILES string of the molecule is O=C1CC(Cl)=C(Cl)C1=O. The molecule has 2 nitrogen and oxygen atoms in total. The summed E-state index contributed by atoms with van der Waals surface area (Å²) >= 11 is 10.6. The maximum atomic E-state index is 10.5. The summed E-state index contributed by atoms with van der Waals surface area (Å²) in [6.07, 6.45) is -0.0285. The molecule has 0 aromatic heterocycles. The normalized spacial score (nSPS) is 19.8. The Bertz CT molecular complexity index is 214. The van der Waals surface area contributed by atoms with Gasteiger partial charge in [0.2, 0.25) is 11.6 Å². The molecule has 0 unspecified atom stereocenters. The maximum Gasteiger partial charge on any atom is 0.241 e. The second-order valence-electron chi connectivity index (χ2n) is 1.65. The van der Waals surface area contributed by atoms with Gasteiger partial charge in [0.05, 0.1) is 6.42 Å². The minimum absolute atomic E-state index is 0.0285. The summed E-state index contributed by atoms with van der Waals surface area (Å²) in [7, 11) is 0. The summed E-state index contributed by atoms with van der Waals surface area (Å²) in [5, 5.41) is 0.0355. The number of ketones is 2. The lowest BCUT2D eigenvalue weighted by molar-refractivity contribution is -0.132. The highest BCUT2D eigenvalue weighted by Crippen LogP contribution is 2.25. The molecule has 0 saturated heterocycles. The Balaban J connectivity index is 3.01. The number of hydrogen-bond acceptors (Lipinski definition) is 2. The van der Waals surface area contributed by atoms with Crippen molar-refractivity contribution in [3.8, 4) is 0 Å². The molecule has 0 aromatic carbocycles. The second-order valence-corrected chi connectivity index (χ2v) is 2.48. The van der Waals surface area contributed by atoms with E-state index in [9.17, 15) is 9.59 Å². The summed E-state index contributed by atoms with van der Waals surface area (Å²) in [4.78, 5) is 20.9. The zero-order chi connectivity index (χ0) is 7.02. The van der Waals surface area contributed by atoms with Crippen molar-refractivity contribution in [1.29, 1.82) is 0 Å². The molecule has 0 aliphatic heterocycles. The number of hydrogen-bond donors (Lipinski definition) is 0. The van der Waals surface area contributed by atoms with Gasteiger partial charge in [-0.1, -0.05) is 23.2 Å². The van der Waals surface area contributed by atoms with Crippen LogP contribution in [0.25, 0.3) is 0 Å². The smallest absolute Gasteiger partial charge is 0.241 e. The van der Waals surface area contributed by atoms with Crippen molar-refractivity contribution in [2.24, 2.45) is 0 Å². The standard InChI is InChI=1S/C5H2Cl2O2/c6-2-1-3(8)5(9)4(2)7/h1H2. The van der Waals surface area contributed by atoms with E-state index in [0.29, 0.717) is 0 Å². The quantitative estimate of drug-likeness (QED) is 0.505. The molecule has 48 valence electrons. The largest absolute Gasteiger partial charge is 0.290 e. The third-order valence-electron chi connectivity index (χ3n) is 1.01. The monoisotopic (exact) mass is 164 g/mol. The average molecular weight is 165 g/mol. The number of carbonyl (C=O) groups is 2. The third kappa shape index (κ3) is 1.00. The van der Waals surface area contributed by atoms with Crippen LogP contribution in [-0.4, -0.2) is 11.6 Å². The summed E-state index contributed by atoms with van der Waals surface area (Å²) in [5.41, 5.74) is 0. The first-order chi connectivity index (χ1) is 4.13. The Morgan fingerprint density at radius 3 is 1.89 bits per heavy atom. The van der Waals surface area contributed by atoms with Gasteiger partial charge in [0.25, 0.3) is 0 Å². The van der Waals surface area contributed by atoms with Gasteiger partial charge in [0, 0.05) is 5.03 Å². The first-order valence-electron chi connectivity index (χ1n) is 2.24. The van der Waals surface area contributed by atoms with Crippen LogP contribution < -0.4 is 0 Å². The zero-order valence-electron chi connectivity index (χ0n) is 4.28. The van der Waals surface area contributed by atoms with Crippen molar-refractivity contribution < 1.29 is 9.59 Å². The summed E-state index contributed by atoms with van der Waals surface area (Å²) in [6.45, 7) is 0. The number of rotatable bonds is 0. The maximum absolute atomic E-state index is 10.5. The molecule has 0 saturated carbocycles. The summed E-state index contributed by atoms with van der Waals surface area (Å²) in [5.74, 6) is -1.19. The highest BCUT2D eigenvalue weighted by molar-refractivity contribution is 6.64. The number of halogens is 2. The number of Topliss-reactive ketones (excluding diaryl/α,β-unsaturated/α-hetero) is 2. The Morgan fingerprint density at radius 2 is 1.78 bits per heavy atom. The van der Waals surface area contributed by atoms with Crippen LogP contribution in [0.1, 0.15) is 6.42 Å². The van der Waals surface area contributed by atoms with E-state index in [1.165, 1.54) is 0 Å². The van der Waals surface area contributed by atoms with Gasteiger partial charge in [-0.25, -0.2) is 0 Å². The molecule has 0 N–H and O–H groups in total. The second kappa shape index (κ2) is 2.12. The van der Waals surface area contributed by atoms with Crippen LogP contribution >= 0.6 is 23.2 Å². The fourth-order valence-electron chi connectivity index (χ4n) is 0.544. The van der Waals surface area contributed by atoms with Crippen molar-refractivity contribution in [2.45, 2.75) is 6.42 Å². The summed E-state index contributed by atoms with van der Waals surface area (Å²) < 4.78 is 0. The fourth-order valence-corrected chi connectivity index (χ4v) is 0.924. The van der Waals surface area contributed by atoms with Crippen molar-refractivity contribution >= 4 is 34.8 Å². The van der Waals surface area contributed by atoms with E-state index in [1.54, 1.807) is 0 Å². The fraction of sp³-hybridized carbons (Fsp3) is 0.200. The predicted octanol–water partition coefficient (Wildman–Crippen LogP) is 1.22. The molecule has 0 fully saturated rings. The topological polar surface area (TPSA) is 34.1 Å². The van der Waals surface area contributed by atoms with Crippen LogP contribution in [0.2, 0.25) is 0 Å². The van der Waals surface area contributed by atoms with Crippen molar-refractivity contribution in [1.82, 2.24) is 0 Å². The first kappa shape index (κ1) is 6.78. The average Bonchev–Trinajstić information content (AvgIpc) is 1.98. The lowest BCUT2D eigenvalue weighted by Crippen LogP contribution is -2.04. The van der Waals surface area contributed by atoms with Crippen molar-refractivity contribution in [3.05, 3.63) is 10.1 Å². The highest BCUT2D eigenvalue weighted by Gasteiger charge is 2.28. The molecule has 1 rings (SSSR count). The van der Waals surface area contributed by atoms with Crippen LogP contribution in [0.5, 0.6) is 0 Å². The minimum atomic E-state index is -0.665. The molecule has 1 aliphatic carbocycles. The van der Waals surface area contributed by atoms with E-state index in [-0.39, 0.29) is 16.5 Å². The third-order valence-corrected chi connectivity index (χ3v) is 1.83. The van der Waals surface area contributed by atoms with Gasteiger partial charge in [-0.2, -0.15) is 0 Å². The van der Waals surface area contributed by atoms with Gasteiger partial charge in [-0.3, -0.25) is 9.59 Å². The van der Waals surface area contributed by atoms with Gasteiger partial charge < -0.3 is 0 Å². The van der Waals surface area contributed by atoms with Crippen LogP contribution in [0, 0.1) is 0 Å². The molecule has 1 aliphatic rings. The van der Waals surface area contributed by atoms with Crippen molar-refractivity contribution in [2.75, 3.05) is 0 Å². The zero-order valence-corrected chi connectivity index (χ0v) is 5.79. The van der Waals surface area contributed by atoms with E-state index in [4.69, 9.17) is 23.2 Å². The first-order valence-corrected chi connectivity index (χ1v) is 3.00.